The van der Waals surface area contributed by atoms with Crippen LogP contribution in [0.1, 0.15) is 12.5 Å². The van der Waals surface area contributed by atoms with E-state index in [-0.39, 0.29) is 17.3 Å². The van der Waals surface area contributed by atoms with Crippen LogP contribution in [-0.4, -0.2) is 18.4 Å². The topological polar surface area (TPSA) is 94.0 Å². The molecular formula is C20H19FN4O2. The van der Waals surface area contributed by atoms with Crippen LogP contribution in [0.2, 0.25) is 0 Å². The predicted octanol–water partition coefficient (Wildman–Crippen LogP) is 2.96. The zero-order valence-corrected chi connectivity index (χ0v) is 14.8. The summed E-state index contributed by atoms with van der Waals surface area (Å²) >= 11 is 0. The maximum absolute atomic E-state index is 13.5. The van der Waals surface area contributed by atoms with E-state index in [4.69, 9.17) is 5.26 Å². The van der Waals surface area contributed by atoms with Crippen LogP contribution in [-0.2, 0) is 16.0 Å². The molecule has 2 amide bonds. The van der Waals surface area contributed by atoms with Crippen molar-refractivity contribution in [3.63, 3.8) is 0 Å². The Bertz CT molecular complexity index is 886. The van der Waals surface area contributed by atoms with Crippen LogP contribution in [0.25, 0.3) is 0 Å². The Labute approximate surface area is 156 Å². The second-order valence-corrected chi connectivity index (χ2v) is 5.68. The lowest BCUT2D eigenvalue weighted by atomic mass is 10.1. The molecule has 0 aliphatic carbocycles. The molecule has 0 spiro atoms. The van der Waals surface area contributed by atoms with E-state index in [0.29, 0.717) is 29.9 Å². The fourth-order valence-corrected chi connectivity index (χ4v) is 2.27. The highest BCUT2D eigenvalue weighted by Gasteiger charge is 2.09. The van der Waals surface area contributed by atoms with Crippen LogP contribution in [0.4, 0.5) is 15.8 Å². The Balaban J connectivity index is 1.89. The van der Waals surface area contributed by atoms with Gasteiger partial charge in [-0.2, -0.15) is 5.26 Å². The van der Waals surface area contributed by atoms with Crippen molar-refractivity contribution in [2.75, 3.05) is 17.2 Å². The summed E-state index contributed by atoms with van der Waals surface area (Å²) < 4.78 is 13.5. The third-order valence-electron chi connectivity index (χ3n) is 3.57. The van der Waals surface area contributed by atoms with Gasteiger partial charge in [-0.15, -0.1) is 0 Å². The minimum absolute atomic E-state index is 0.102. The normalized spacial score (nSPS) is 10.6. The molecule has 138 valence electrons. The van der Waals surface area contributed by atoms with Crippen molar-refractivity contribution in [2.24, 2.45) is 0 Å². The molecule has 0 saturated heterocycles. The van der Waals surface area contributed by atoms with E-state index in [9.17, 15) is 14.0 Å². The number of hydrogen-bond acceptors (Lipinski definition) is 4. The van der Waals surface area contributed by atoms with E-state index in [2.05, 4.69) is 16.0 Å². The molecule has 0 aromatic heterocycles. The molecule has 0 aliphatic heterocycles. The molecule has 0 saturated carbocycles. The fraction of sp³-hybridized carbons (Fsp3) is 0.150. The number of halogens is 1. The molecule has 3 N–H and O–H groups in total. The van der Waals surface area contributed by atoms with E-state index >= 15 is 0 Å². The highest BCUT2D eigenvalue weighted by atomic mass is 19.1. The molecule has 0 atom stereocenters. The van der Waals surface area contributed by atoms with Crippen molar-refractivity contribution < 1.29 is 14.0 Å². The van der Waals surface area contributed by atoms with Crippen LogP contribution in [0, 0.1) is 17.1 Å². The average Bonchev–Trinajstić information content (AvgIpc) is 2.64. The van der Waals surface area contributed by atoms with Gasteiger partial charge < -0.3 is 16.0 Å². The Morgan fingerprint density at radius 2 is 1.70 bits per heavy atom. The summed E-state index contributed by atoms with van der Waals surface area (Å²) in [5.74, 6) is -1.05. The van der Waals surface area contributed by atoms with Crippen LogP contribution in [0.15, 0.2) is 60.3 Å². The summed E-state index contributed by atoms with van der Waals surface area (Å²) in [7, 11) is 0. The quantitative estimate of drug-likeness (QED) is 0.399. The molecule has 2 aromatic carbocycles. The summed E-state index contributed by atoms with van der Waals surface area (Å²) in [6, 6.07) is 14.8. The minimum Gasteiger partial charge on any atom is -0.389 e. The molecule has 0 fully saturated rings. The second kappa shape index (κ2) is 9.73. The van der Waals surface area contributed by atoms with Crippen molar-refractivity contribution in [3.05, 3.63) is 71.7 Å². The second-order valence-electron chi connectivity index (χ2n) is 5.68. The lowest BCUT2D eigenvalue weighted by Gasteiger charge is -2.07. The first kappa shape index (κ1) is 19.7. The van der Waals surface area contributed by atoms with Gasteiger partial charge in [-0.25, -0.2) is 4.39 Å². The number of benzene rings is 2. The Hall–Kier alpha value is -3.66. The largest absolute Gasteiger partial charge is 0.389 e. The van der Waals surface area contributed by atoms with Gasteiger partial charge in [-0.05, 0) is 42.3 Å². The predicted molar refractivity (Wildman–Crippen MR) is 101 cm³/mol. The molecule has 6 nitrogen and oxygen atoms in total. The average molecular weight is 366 g/mol. The molecule has 27 heavy (non-hydrogen) atoms. The number of nitrogens with zero attached hydrogens (tertiary/aromatic N) is 1. The SMILES string of the molecule is CC(=O)Nc1ccc(NC(=O)/C(C#N)=C\NCCc2ccccc2F)cc1. The molecule has 0 radical (unpaired) electrons. The van der Waals surface area contributed by atoms with Gasteiger partial charge in [0, 0.05) is 31.0 Å². The zero-order chi connectivity index (χ0) is 19.6. The van der Waals surface area contributed by atoms with E-state index in [1.807, 2.05) is 6.07 Å². The van der Waals surface area contributed by atoms with E-state index < -0.39 is 5.91 Å². The zero-order valence-electron chi connectivity index (χ0n) is 14.8. The van der Waals surface area contributed by atoms with E-state index in [1.54, 1.807) is 42.5 Å². The number of nitriles is 1. The number of rotatable bonds is 7. The molecule has 2 rings (SSSR count). The molecule has 0 heterocycles. The van der Waals surface area contributed by atoms with Crippen molar-refractivity contribution >= 4 is 23.2 Å². The summed E-state index contributed by atoms with van der Waals surface area (Å²) in [5.41, 5.74) is 1.54. The van der Waals surface area contributed by atoms with Crippen LogP contribution >= 0.6 is 0 Å². The number of anilines is 2. The fourth-order valence-electron chi connectivity index (χ4n) is 2.27. The van der Waals surface area contributed by atoms with Crippen molar-refractivity contribution in [1.82, 2.24) is 5.32 Å². The lowest BCUT2D eigenvalue weighted by Crippen LogP contribution is -2.18. The van der Waals surface area contributed by atoms with Gasteiger partial charge in [0.05, 0.1) is 0 Å². The summed E-state index contributed by atoms with van der Waals surface area (Å²) in [6.45, 7) is 1.78. The third kappa shape index (κ3) is 6.29. The molecule has 7 heteroatoms. The summed E-state index contributed by atoms with van der Waals surface area (Å²) in [5, 5.41) is 17.2. The first-order valence-electron chi connectivity index (χ1n) is 8.25. The van der Waals surface area contributed by atoms with Crippen molar-refractivity contribution in [2.45, 2.75) is 13.3 Å². The monoisotopic (exact) mass is 366 g/mol. The molecular weight excluding hydrogens is 347 g/mol. The highest BCUT2D eigenvalue weighted by Crippen LogP contribution is 2.14. The smallest absolute Gasteiger partial charge is 0.267 e. The number of amides is 2. The molecule has 0 aliphatic rings. The van der Waals surface area contributed by atoms with Gasteiger partial charge in [-0.3, -0.25) is 9.59 Å². The van der Waals surface area contributed by atoms with Crippen LogP contribution < -0.4 is 16.0 Å². The van der Waals surface area contributed by atoms with Gasteiger partial charge in [0.2, 0.25) is 5.91 Å². The maximum atomic E-state index is 13.5. The Morgan fingerprint density at radius 1 is 1.07 bits per heavy atom. The van der Waals surface area contributed by atoms with Gasteiger partial charge in [-0.1, -0.05) is 18.2 Å². The molecule has 2 aromatic rings. The van der Waals surface area contributed by atoms with E-state index in [1.165, 1.54) is 19.2 Å². The number of nitrogens with one attached hydrogen (secondary N) is 3. The van der Waals surface area contributed by atoms with E-state index in [0.717, 1.165) is 0 Å². The third-order valence-corrected chi connectivity index (χ3v) is 3.57. The van der Waals surface area contributed by atoms with Crippen LogP contribution in [0.3, 0.4) is 0 Å². The number of carbonyl (C=O) groups excluding carboxylic acids is 2. The maximum Gasteiger partial charge on any atom is 0.267 e. The number of carbonyl (C=O) groups is 2. The van der Waals surface area contributed by atoms with Gasteiger partial charge >= 0.3 is 0 Å². The number of hydrogen-bond donors (Lipinski definition) is 3. The lowest BCUT2D eigenvalue weighted by molar-refractivity contribution is -0.114. The molecule has 0 bridgehead atoms. The van der Waals surface area contributed by atoms with Crippen molar-refractivity contribution in [1.29, 1.82) is 5.26 Å². The Morgan fingerprint density at radius 3 is 2.30 bits per heavy atom. The first-order chi connectivity index (χ1) is 13.0. The molecule has 0 unspecified atom stereocenters. The minimum atomic E-state index is -0.567. The van der Waals surface area contributed by atoms with Gasteiger partial charge in [0.1, 0.15) is 17.5 Å². The van der Waals surface area contributed by atoms with Gasteiger partial charge in [0.25, 0.3) is 5.91 Å². The van der Waals surface area contributed by atoms with Crippen LogP contribution in [0.5, 0.6) is 0 Å². The van der Waals surface area contributed by atoms with Gasteiger partial charge in [0.15, 0.2) is 0 Å². The van der Waals surface area contributed by atoms with Crippen molar-refractivity contribution in [3.8, 4) is 6.07 Å². The first-order valence-corrected chi connectivity index (χ1v) is 8.25. The Kier molecular flexibility index (Phi) is 7.08. The standard InChI is InChI=1S/C20H19FN4O2/c1-14(26)24-17-6-8-18(9-7-17)25-20(27)16(12-22)13-23-11-10-15-4-2-3-5-19(15)21/h2-9,13,23H,10-11H2,1H3,(H,24,26)(H,25,27)/b16-13-. The summed E-state index contributed by atoms with van der Waals surface area (Å²) in [4.78, 5) is 23.1. The highest BCUT2D eigenvalue weighted by molar-refractivity contribution is 6.06. The summed E-state index contributed by atoms with van der Waals surface area (Å²) in [6.07, 6.45) is 1.73.